The Morgan fingerprint density at radius 1 is 1.22 bits per heavy atom. The lowest BCUT2D eigenvalue weighted by molar-refractivity contribution is -0.116. The van der Waals surface area contributed by atoms with Gasteiger partial charge in [0.2, 0.25) is 5.91 Å². The van der Waals surface area contributed by atoms with Crippen LogP contribution in [0.15, 0.2) is 36.9 Å². The van der Waals surface area contributed by atoms with Crippen LogP contribution in [0.2, 0.25) is 0 Å². The summed E-state index contributed by atoms with van der Waals surface area (Å²) in [5, 5.41) is 10.3. The molecule has 0 atom stereocenters. The van der Waals surface area contributed by atoms with E-state index < -0.39 is 0 Å². The number of carbonyl (C=O) groups is 1. The minimum Gasteiger partial charge on any atom is -0.330 e. The van der Waals surface area contributed by atoms with Gasteiger partial charge in [0.15, 0.2) is 0 Å². The van der Waals surface area contributed by atoms with Gasteiger partial charge in [0.1, 0.15) is 12.7 Å². The predicted octanol–water partition coefficient (Wildman–Crippen LogP) is 0.614. The van der Waals surface area contributed by atoms with E-state index in [1.54, 1.807) is 12.7 Å². The number of rotatable bonds is 5. The third-order valence-electron chi connectivity index (χ3n) is 2.44. The van der Waals surface area contributed by atoms with Crippen molar-refractivity contribution in [3.05, 3.63) is 42.5 Å². The Bertz CT molecular complexity index is 492. The fourth-order valence-electron chi connectivity index (χ4n) is 1.56. The Morgan fingerprint density at radius 3 is 2.50 bits per heavy atom. The van der Waals surface area contributed by atoms with Crippen molar-refractivity contribution < 1.29 is 4.79 Å². The van der Waals surface area contributed by atoms with E-state index in [9.17, 15) is 4.79 Å². The van der Waals surface area contributed by atoms with Crippen LogP contribution in [-0.4, -0.2) is 27.2 Å². The van der Waals surface area contributed by atoms with E-state index in [0.717, 1.165) is 11.3 Å². The van der Waals surface area contributed by atoms with Crippen LogP contribution in [0.4, 0.5) is 5.69 Å². The molecule has 0 radical (unpaired) electrons. The van der Waals surface area contributed by atoms with Crippen LogP contribution >= 0.6 is 0 Å². The number of nitrogens with zero attached hydrogens (tertiary/aromatic N) is 3. The topological polar surface area (TPSA) is 85.8 Å². The summed E-state index contributed by atoms with van der Waals surface area (Å²) < 4.78 is 1.88. The molecule has 0 spiro atoms. The molecular formula is C12H15N5O. The molecule has 0 aliphatic rings. The summed E-state index contributed by atoms with van der Waals surface area (Å²) in [7, 11) is 0. The van der Waals surface area contributed by atoms with Gasteiger partial charge in [-0.1, -0.05) is 12.1 Å². The third-order valence-corrected chi connectivity index (χ3v) is 2.44. The molecule has 3 N–H and O–H groups in total. The van der Waals surface area contributed by atoms with Crippen LogP contribution in [0.5, 0.6) is 0 Å². The zero-order valence-electron chi connectivity index (χ0n) is 9.91. The van der Waals surface area contributed by atoms with Crippen molar-refractivity contribution in [2.24, 2.45) is 5.73 Å². The quantitative estimate of drug-likeness (QED) is 0.808. The van der Waals surface area contributed by atoms with Crippen LogP contribution in [0.3, 0.4) is 0 Å². The third kappa shape index (κ3) is 3.39. The lowest BCUT2D eigenvalue weighted by Gasteiger charge is -2.06. The molecule has 6 nitrogen and oxygen atoms in total. The number of amides is 1. The first-order chi connectivity index (χ1) is 8.78. The minimum absolute atomic E-state index is 0.0657. The second kappa shape index (κ2) is 5.92. The molecule has 18 heavy (non-hydrogen) atoms. The molecule has 0 saturated heterocycles. The number of hydrogen-bond acceptors (Lipinski definition) is 4. The molecule has 1 aromatic carbocycles. The molecular weight excluding hydrogens is 230 g/mol. The molecule has 1 aromatic heterocycles. The van der Waals surface area contributed by atoms with E-state index in [1.165, 1.54) is 0 Å². The van der Waals surface area contributed by atoms with E-state index in [-0.39, 0.29) is 5.91 Å². The Morgan fingerprint density at radius 2 is 1.89 bits per heavy atom. The molecule has 0 aliphatic heterocycles. The van der Waals surface area contributed by atoms with Crippen molar-refractivity contribution in [2.45, 2.75) is 13.0 Å². The maximum atomic E-state index is 11.3. The summed E-state index contributed by atoms with van der Waals surface area (Å²) in [4.78, 5) is 11.3. The lowest BCUT2D eigenvalue weighted by Crippen LogP contribution is -2.16. The van der Waals surface area contributed by atoms with Crippen LogP contribution in [0.25, 0.3) is 0 Å². The van der Waals surface area contributed by atoms with Gasteiger partial charge < -0.3 is 15.6 Å². The maximum Gasteiger partial charge on any atom is 0.225 e. The van der Waals surface area contributed by atoms with Crippen LogP contribution in [0, 0.1) is 0 Å². The lowest BCUT2D eigenvalue weighted by atomic mass is 10.2. The van der Waals surface area contributed by atoms with Gasteiger partial charge in [-0.15, -0.1) is 10.2 Å². The average molecular weight is 245 g/mol. The van der Waals surface area contributed by atoms with E-state index in [2.05, 4.69) is 15.5 Å². The summed E-state index contributed by atoms with van der Waals surface area (Å²) in [6.07, 6.45) is 3.66. The highest BCUT2D eigenvalue weighted by Gasteiger charge is 2.01. The Labute approximate surface area is 105 Å². The summed E-state index contributed by atoms with van der Waals surface area (Å²) in [5.74, 6) is -0.0657. The number of hydrogen-bond donors (Lipinski definition) is 2. The van der Waals surface area contributed by atoms with E-state index in [4.69, 9.17) is 5.73 Å². The first-order valence-corrected chi connectivity index (χ1v) is 5.69. The molecule has 6 heteroatoms. The number of nitrogens with two attached hydrogens (primary N) is 1. The molecule has 0 fully saturated rings. The molecule has 0 unspecified atom stereocenters. The van der Waals surface area contributed by atoms with Crippen LogP contribution < -0.4 is 11.1 Å². The van der Waals surface area contributed by atoms with Gasteiger partial charge in [-0.05, 0) is 17.7 Å². The first-order valence-electron chi connectivity index (χ1n) is 5.69. The van der Waals surface area contributed by atoms with Gasteiger partial charge >= 0.3 is 0 Å². The van der Waals surface area contributed by atoms with Crippen molar-refractivity contribution >= 4 is 11.6 Å². The van der Waals surface area contributed by atoms with Crippen LogP contribution in [0.1, 0.15) is 12.0 Å². The highest BCUT2D eigenvalue weighted by Crippen LogP contribution is 2.10. The average Bonchev–Trinajstić information content (AvgIpc) is 2.85. The number of carbonyl (C=O) groups excluding carboxylic acids is 1. The smallest absolute Gasteiger partial charge is 0.225 e. The van der Waals surface area contributed by atoms with E-state index in [0.29, 0.717) is 19.5 Å². The number of benzene rings is 1. The van der Waals surface area contributed by atoms with Gasteiger partial charge in [-0.3, -0.25) is 4.79 Å². The van der Waals surface area contributed by atoms with Gasteiger partial charge in [-0.2, -0.15) is 0 Å². The summed E-state index contributed by atoms with van der Waals surface area (Å²) in [5.41, 5.74) is 7.20. The fraction of sp³-hybridized carbons (Fsp3) is 0.250. The number of aromatic nitrogens is 3. The summed E-state index contributed by atoms with van der Waals surface area (Å²) in [6.45, 7) is 1.07. The zero-order valence-corrected chi connectivity index (χ0v) is 9.91. The SMILES string of the molecule is NCCC(=O)Nc1ccc(Cn2cnnc2)cc1. The predicted molar refractivity (Wildman–Crippen MR) is 67.9 cm³/mol. The molecule has 1 heterocycles. The molecule has 2 rings (SSSR count). The second-order valence-corrected chi connectivity index (χ2v) is 3.92. The first kappa shape index (κ1) is 12.3. The van der Waals surface area contributed by atoms with Crippen molar-refractivity contribution in [2.75, 3.05) is 11.9 Å². The summed E-state index contributed by atoms with van der Waals surface area (Å²) in [6, 6.07) is 7.65. The van der Waals surface area contributed by atoms with Crippen LogP contribution in [-0.2, 0) is 11.3 Å². The molecule has 1 amide bonds. The Hall–Kier alpha value is -2.21. The molecule has 2 aromatic rings. The van der Waals surface area contributed by atoms with E-state index in [1.807, 2.05) is 28.8 Å². The molecule has 0 bridgehead atoms. The monoisotopic (exact) mass is 245 g/mol. The van der Waals surface area contributed by atoms with Gasteiger partial charge in [-0.25, -0.2) is 0 Å². The van der Waals surface area contributed by atoms with Gasteiger partial charge in [0.25, 0.3) is 0 Å². The zero-order chi connectivity index (χ0) is 12.8. The van der Waals surface area contributed by atoms with Gasteiger partial charge in [0.05, 0.1) is 0 Å². The van der Waals surface area contributed by atoms with Crippen molar-refractivity contribution in [1.82, 2.24) is 14.8 Å². The highest BCUT2D eigenvalue weighted by atomic mass is 16.1. The van der Waals surface area contributed by atoms with Crippen molar-refractivity contribution in [1.29, 1.82) is 0 Å². The van der Waals surface area contributed by atoms with E-state index >= 15 is 0 Å². The normalized spacial score (nSPS) is 10.3. The number of anilines is 1. The molecule has 0 aliphatic carbocycles. The van der Waals surface area contributed by atoms with Crippen molar-refractivity contribution in [3.63, 3.8) is 0 Å². The Balaban J connectivity index is 1.95. The highest BCUT2D eigenvalue weighted by molar-refractivity contribution is 5.90. The standard InChI is InChI=1S/C12H15N5O/c13-6-5-12(18)16-11-3-1-10(2-4-11)7-17-8-14-15-9-17/h1-4,8-9H,5-7,13H2,(H,16,18). The fourth-order valence-corrected chi connectivity index (χ4v) is 1.56. The maximum absolute atomic E-state index is 11.3. The summed E-state index contributed by atoms with van der Waals surface area (Å²) >= 11 is 0. The minimum atomic E-state index is -0.0657. The van der Waals surface area contributed by atoms with Crippen molar-refractivity contribution in [3.8, 4) is 0 Å². The van der Waals surface area contributed by atoms with Gasteiger partial charge in [0, 0.05) is 25.2 Å². The second-order valence-electron chi connectivity index (χ2n) is 3.92. The largest absolute Gasteiger partial charge is 0.330 e. The molecule has 0 saturated carbocycles. The molecule has 94 valence electrons. The number of nitrogens with one attached hydrogen (secondary N) is 1. The Kier molecular flexibility index (Phi) is 4.03.